The average molecular weight is 235 g/mol. The summed E-state index contributed by atoms with van der Waals surface area (Å²) in [5, 5.41) is 3.14. The first-order chi connectivity index (χ1) is 8.20. The Morgan fingerprint density at radius 2 is 2.41 bits per heavy atom. The Kier molecular flexibility index (Phi) is 3.97. The van der Waals surface area contributed by atoms with Gasteiger partial charge in [-0.05, 0) is 38.1 Å². The molecule has 0 aromatic carbocycles. The SMILES string of the molecule is CNCc1cnc(N2CCOC(C)C2)c(C)c1. The van der Waals surface area contributed by atoms with Gasteiger partial charge in [0.2, 0.25) is 0 Å². The molecule has 94 valence electrons. The zero-order valence-electron chi connectivity index (χ0n) is 10.9. The third-order valence-corrected chi connectivity index (χ3v) is 3.03. The highest BCUT2D eigenvalue weighted by molar-refractivity contribution is 5.47. The predicted molar refractivity (Wildman–Crippen MR) is 69.4 cm³/mol. The summed E-state index contributed by atoms with van der Waals surface area (Å²) in [7, 11) is 1.95. The molecule has 1 aromatic heterocycles. The zero-order chi connectivity index (χ0) is 12.3. The summed E-state index contributed by atoms with van der Waals surface area (Å²) < 4.78 is 5.55. The lowest BCUT2D eigenvalue weighted by molar-refractivity contribution is 0.0529. The van der Waals surface area contributed by atoms with Crippen molar-refractivity contribution in [3.8, 4) is 0 Å². The van der Waals surface area contributed by atoms with Gasteiger partial charge in [0.15, 0.2) is 0 Å². The lowest BCUT2D eigenvalue weighted by Crippen LogP contribution is -2.41. The van der Waals surface area contributed by atoms with Gasteiger partial charge in [-0.1, -0.05) is 0 Å². The predicted octanol–water partition coefficient (Wildman–Crippen LogP) is 1.33. The third-order valence-electron chi connectivity index (χ3n) is 3.03. The molecule has 0 radical (unpaired) electrons. The van der Waals surface area contributed by atoms with E-state index >= 15 is 0 Å². The van der Waals surface area contributed by atoms with E-state index in [1.807, 2.05) is 13.2 Å². The lowest BCUT2D eigenvalue weighted by atomic mass is 10.2. The number of ether oxygens (including phenoxy) is 1. The fraction of sp³-hybridized carbons (Fsp3) is 0.615. The van der Waals surface area contributed by atoms with Gasteiger partial charge < -0.3 is 15.0 Å². The average Bonchev–Trinajstić information content (AvgIpc) is 2.29. The summed E-state index contributed by atoms with van der Waals surface area (Å²) in [4.78, 5) is 6.90. The van der Waals surface area contributed by atoms with Gasteiger partial charge in [-0.3, -0.25) is 0 Å². The summed E-state index contributed by atoms with van der Waals surface area (Å²) >= 11 is 0. The van der Waals surface area contributed by atoms with Gasteiger partial charge >= 0.3 is 0 Å². The second-order valence-corrected chi connectivity index (χ2v) is 4.64. The zero-order valence-corrected chi connectivity index (χ0v) is 10.9. The van der Waals surface area contributed by atoms with Crippen molar-refractivity contribution in [1.29, 1.82) is 0 Å². The number of nitrogens with one attached hydrogen (secondary N) is 1. The molecule has 0 aliphatic carbocycles. The van der Waals surface area contributed by atoms with Gasteiger partial charge in [-0.15, -0.1) is 0 Å². The number of anilines is 1. The van der Waals surface area contributed by atoms with Gasteiger partial charge in [0.1, 0.15) is 5.82 Å². The van der Waals surface area contributed by atoms with Gasteiger partial charge in [-0.25, -0.2) is 4.98 Å². The minimum Gasteiger partial charge on any atom is -0.375 e. The molecule has 0 saturated carbocycles. The minimum absolute atomic E-state index is 0.293. The Morgan fingerprint density at radius 1 is 1.59 bits per heavy atom. The first-order valence-electron chi connectivity index (χ1n) is 6.17. The largest absolute Gasteiger partial charge is 0.375 e. The van der Waals surface area contributed by atoms with E-state index in [0.29, 0.717) is 6.10 Å². The van der Waals surface area contributed by atoms with Crippen LogP contribution in [0.25, 0.3) is 0 Å². The first kappa shape index (κ1) is 12.3. The molecule has 0 bridgehead atoms. The highest BCUT2D eigenvalue weighted by Crippen LogP contribution is 2.20. The fourth-order valence-corrected chi connectivity index (χ4v) is 2.27. The summed E-state index contributed by atoms with van der Waals surface area (Å²) in [6.45, 7) is 7.76. The van der Waals surface area contributed by atoms with Gasteiger partial charge in [0.25, 0.3) is 0 Å². The molecular formula is C13H21N3O. The second-order valence-electron chi connectivity index (χ2n) is 4.64. The van der Waals surface area contributed by atoms with Crippen molar-refractivity contribution in [2.24, 2.45) is 0 Å². The van der Waals surface area contributed by atoms with Crippen LogP contribution in [0.15, 0.2) is 12.3 Å². The molecule has 1 unspecified atom stereocenters. The monoisotopic (exact) mass is 235 g/mol. The molecule has 4 heteroatoms. The third kappa shape index (κ3) is 2.96. The molecule has 1 N–H and O–H groups in total. The maximum Gasteiger partial charge on any atom is 0.131 e. The molecule has 1 aromatic rings. The van der Waals surface area contributed by atoms with Crippen LogP contribution in [-0.4, -0.2) is 37.8 Å². The number of hydrogen-bond acceptors (Lipinski definition) is 4. The number of pyridine rings is 1. The number of nitrogens with zero attached hydrogens (tertiary/aromatic N) is 2. The van der Waals surface area contributed by atoms with E-state index in [4.69, 9.17) is 4.74 Å². The highest BCUT2D eigenvalue weighted by Gasteiger charge is 2.19. The lowest BCUT2D eigenvalue weighted by Gasteiger charge is -2.33. The quantitative estimate of drug-likeness (QED) is 0.858. The minimum atomic E-state index is 0.293. The summed E-state index contributed by atoms with van der Waals surface area (Å²) in [6, 6.07) is 2.21. The number of aromatic nitrogens is 1. The van der Waals surface area contributed by atoms with E-state index in [2.05, 4.69) is 35.1 Å². The van der Waals surface area contributed by atoms with Gasteiger partial charge in [-0.2, -0.15) is 0 Å². The van der Waals surface area contributed by atoms with Crippen molar-refractivity contribution >= 4 is 5.82 Å². The van der Waals surface area contributed by atoms with Crippen molar-refractivity contribution in [1.82, 2.24) is 10.3 Å². The van der Waals surface area contributed by atoms with E-state index in [-0.39, 0.29) is 0 Å². The molecule has 4 nitrogen and oxygen atoms in total. The van der Waals surface area contributed by atoms with E-state index in [9.17, 15) is 0 Å². The van der Waals surface area contributed by atoms with E-state index < -0.39 is 0 Å². The standard InChI is InChI=1S/C13H21N3O/c1-10-6-12(7-14-3)8-15-13(10)16-4-5-17-11(2)9-16/h6,8,11,14H,4-5,7,9H2,1-3H3. The van der Waals surface area contributed by atoms with Crippen LogP contribution in [0.3, 0.4) is 0 Å². The Hall–Kier alpha value is -1.13. The summed E-state index contributed by atoms with van der Waals surface area (Å²) in [5.74, 6) is 1.10. The maximum atomic E-state index is 5.55. The molecule has 1 aliphatic rings. The Labute approximate surface area is 103 Å². The van der Waals surface area contributed by atoms with Gasteiger partial charge in [0, 0.05) is 25.8 Å². The van der Waals surface area contributed by atoms with Crippen LogP contribution in [-0.2, 0) is 11.3 Å². The first-order valence-corrected chi connectivity index (χ1v) is 6.17. The van der Waals surface area contributed by atoms with Crippen molar-refractivity contribution in [3.63, 3.8) is 0 Å². The molecule has 17 heavy (non-hydrogen) atoms. The summed E-state index contributed by atoms with van der Waals surface area (Å²) in [5.41, 5.74) is 2.47. The molecule has 2 rings (SSSR count). The van der Waals surface area contributed by atoms with Gasteiger partial charge in [0.05, 0.1) is 12.7 Å². The Balaban J connectivity index is 2.15. The number of hydrogen-bond donors (Lipinski definition) is 1. The Morgan fingerprint density at radius 3 is 3.06 bits per heavy atom. The van der Waals surface area contributed by atoms with Crippen LogP contribution in [0.5, 0.6) is 0 Å². The smallest absolute Gasteiger partial charge is 0.131 e. The second kappa shape index (κ2) is 5.47. The molecule has 1 atom stereocenters. The highest BCUT2D eigenvalue weighted by atomic mass is 16.5. The normalized spacial score (nSPS) is 20.6. The van der Waals surface area contributed by atoms with Crippen molar-refractivity contribution in [3.05, 3.63) is 23.4 Å². The van der Waals surface area contributed by atoms with Crippen molar-refractivity contribution in [2.75, 3.05) is 31.6 Å². The van der Waals surface area contributed by atoms with Crippen LogP contribution in [0, 0.1) is 6.92 Å². The van der Waals surface area contributed by atoms with Crippen LogP contribution in [0.1, 0.15) is 18.1 Å². The van der Waals surface area contributed by atoms with E-state index in [1.54, 1.807) is 0 Å². The number of rotatable bonds is 3. The van der Waals surface area contributed by atoms with Crippen LogP contribution in [0.4, 0.5) is 5.82 Å². The Bertz CT molecular complexity index is 381. The van der Waals surface area contributed by atoms with Crippen LogP contribution in [0.2, 0.25) is 0 Å². The molecule has 1 aliphatic heterocycles. The molecule has 0 spiro atoms. The van der Waals surface area contributed by atoms with Crippen LogP contribution >= 0.6 is 0 Å². The van der Waals surface area contributed by atoms with Crippen molar-refractivity contribution in [2.45, 2.75) is 26.5 Å². The van der Waals surface area contributed by atoms with E-state index in [1.165, 1.54) is 11.1 Å². The van der Waals surface area contributed by atoms with Crippen LogP contribution < -0.4 is 10.2 Å². The maximum absolute atomic E-state index is 5.55. The number of morpholine rings is 1. The molecular weight excluding hydrogens is 214 g/mol. The molecule has 2 heterocycles. The summed E-state index contributed by atoms with van der Waals surface area (Å²) in [6.07, 6.45) is 2.25. The van der Waals surface area contributed by atoms with E-state index in [0.717, 1.165) is 32.1 Å². The molecule has 0 amide bonds. The molecule has 1 saturated heterocycles. The van der Waals surface area contributed by atoms with Crippen molar-refractivity contribution < 1.29 is 4.74 Å². The fourth-order valence-electron chi connectivity index (χ4n) is 2.27. The topological polar surface area (TPSA) is 37.4 Å². The molecule has 1 fully saturated rings. The number of aryl methyl sites for hydroxylation is 1.